The minimum absolute atomic E-state index is 0.00655. The number of phenolic OH excluding ortho intramolecular Hbond substituents is 1. The Kier molecular flexibility index (Phi) is 11.0. The Balaban J connectivity index is 0.878. The summed E-state index contributed by atoms with van der Waals surface area (Å²) < 4.78 is 6.34. The van der Waals surface area contributed by atoms with Gasteiger partial charge in [-0.1, -0.05) is 49.6 Å². The molecule has 2 bridgehead atoms. The number of fused-ring (bicyclic) bond motifs is 4. The fraction of sp³-hybridized carbons (Fsp3) is 0.463. The predicted molar refractivity (Wildman–Crippen MR) is 199 cm³/mol. The van der Waals surface area contributed by atoms with E-state index in [0.29, 0.717) is 47.5 Å². The van der Waals surface area contributed by atoms with Crippen molar-refractivity contribution >= 4 is 28.5 Å². The van der Waals surface area contributed by atoms with Crippen molar-refractivity contribution in [3.8, 4) is 5.75 Å². The molecule has 4 aromatic rings. The van der Waals surface area contributed by atoms with Crippen molar-refractivity contribution in [3.05, 3.63) is 99.6 Å². The van der Waals surface area contributed by atoms with Gasteiger partial charge in [0.2, 0.25) is 11.5 Å². The smallest absolute Gasteiger partial charge is 0.316 e. The molecule has 274 valence electrons. The maximum atomic E-state index is 13.9. The molecule has 0 spiro atoms. The molecule has 2 aromatic carbocycles. The van der Waals surface area contributed by atoms with Gasteiger partial charge >= 0.3 is 5.97 Å². The number of pyridine rings is 2. The number of nitrogens with zero attached hydrogens (tertiary/aromatic N) is 2. The number of hydrogen-bond acceptors (Lipinski definition) is 9. The number of H-pyrrole nitrogens is 1. The number of nitrogens with one attached hydrogen (secondary N) is 3. The van der Waals surface area contributed by atoms with Gasteiger partial charge in [0.25, 0.3) is 0 Å². The number of aromatic nitrogens is 2. The largest absolute Gasteiger partial charge is 0.506 e. The number of piperidine rings is 3. The first-order valence-electron chi connectivity index (χ1n) is 18.8. The first-order chi connectivity index (χ1) is 25.3. The maximum absolute atomic E-state index is 13.9. The highest BCUT2D eigenvalue weighted by atomic mass is 16.5. The average Bonchev–Trinajstić information content (AvgIpc) is 3.16. The van der Waals surface area contributed by atoms with E-state index in [9.17, 15) is 24.6 Å². The highest BCUT2D eigenvalue weighted by Gasteiger charge is 2.46. The van der Waals surface area contributed by atoms with Crippen LogP contribution in [0.3, 0.4) is 0 Å². The maximum Gasteiger partial charge on any atom is 0.316 e. The number of phenols is 1. The van der Waals surface area contributed by atoms with Crippen molar-refractivity contribution in [2.75, 3.05) is 31.5 Å². The van der Waals surface area contributed by atoms with Crippen molar-refractivity contribution in [2.45, 2.75) is 88.4 Å². The lowest BCUT2D eigenvalue weighted by atomic mass is 9.69. The molecule has 3 aliphatic heterocycles. The van der Waals surface area contributed by atoms with Crippen LogP contribution in [0.25, 0.3) is 10.9 Å². The highest BCUT2D eigenvalue weighted by molar-refractivity contribution is 5.90. The lowest BCUT2D eigenvalue weighted by Crippen LogP contribution is -2.53. The van der Waals surface area contributed by atoms with Crippen LogP contribution >= 0.6 is 0 Å². The average molecular weight is 708 g/mol. The molecule has 1 unspecified atom stereocenters. The molecule has 2 aromatic heterocycles. The third-order valence-electron chi connectivity index (χ3n) is 11.3. The normalized spacial score (nSPS) is 21.4. The summed E-state index contributed by atoms with van der Waals surface area (Å²) >= 11 is 0. The summed E-state index contributed by atoms with van der Waals surface area (Å²) in [6.07, 6.45) is 9.61. The van der Waals surface area contributed by atoms with Gasteiger partial charge in [-0.3, -0.25) is 24.3 Å². The second kappa shape index (κ2) is 16.0. The van der Waals surface area contributed by atoms with Crippen LogP contribution in [0.4, 0.5) is 5.69 Å². The number of carbonyl (C=O) groups is 2. The molecule has 1 amide bonds. The number of carbonyl (C=O) groups excluding carboxylic acids is 2. The van der Waals surface area contributed by atoms with Crippen LogP contribution in [-0.4, -0.2) is 69.2 Å². The molecule has 8 rings (SSSR count). The van der Waals surface area contributed by atoms with Crippen molar-refractivity contribution in [1.29, 1.82) is 0 Å². The molecule has 11 heteroatoms. The molecule has 11 nitrogen and oxygen atoms in total. The van der Waals surface area contributed by atoms with E-state index in [4.69, 9.17) is 4.74 Å². The number of ether oxygens (including phenoxy) is 1. The number of aryl methyl sites for hydroxylation is 1. The van der Waals surface area contributed by atoms with Crippen molar-refractivity contribution in [2.24, 2.45) is 5.92 Å². The highest BCUT2D eigenvalue weighted by Crippen LogP contribution is 2.42. The summed E-state index contributed by atoms with van der Waals surface area (Å²) in [4.78, 5) is 47.9. The standard InChI is InChI=1S/C41H49N5O6/c47-34-14-12-32(33-13-15-38(50)45-39(33)34)35(48)25-42-23-30-10-11-31(24-43-30)44-37(49)9-5-7-27-6-4-8-29(22-27)41(18-2-1-3-19-41)40(51)52-36-26-46-20-16-28(36)17-21-46/h4,6,8,10-15,22,24,28,35-36,42,47-48H,1-3,5,7,9,16-21,23,25-26H2,(H,44,49)(H,45,50)/t35?,36-/m0/s1. The van der Waals surface area contributed by atoms with E-state index in [2.05, 4.69) is 43.7 Å². The van der Waals surface area contributed by atoms with Gasteiger partial charge in [-0.05, 0) is 98.5 Å². The molecule has 5 heterocycles. The molecule has 4 fully saturated rings. The summed E-state index contributed by atoms with van der Waals surface area (Å²) in [6, 6.07) is 18.1. The zero-order valence-electron chi connectivity index (χ0n) is 29.6. The number of hydrogen-bond donors (Lipinski definition) is 5. The van der Waals surface area contributed by atoms with Gasteiger partial charge in [-0.2, -0.15) is 0 Å². The number of aliphatic hydroxyl groups excluding tert-OH is 1. The summed E-state index contributed by atoms with van der Waals surface area (Å²) in [5, 5.41) is 27.6. The SMILES string of the molecule is O=C(CCCc1cccc(C2(C(=O)O[C@H]3CN4CCC3CC4)CCCCC2)c1)Nc1ccc(CNCC(O)c2ccc(O)c3[nH]c(=O)ccc23)nc1. The molecule has 1 aliphatic carbocycles. The number of aliphatic hydroxyl groups is 1. The van der Waals surface area contributed by atoms with Gasteiger partial charge in [0.1, 0.15) is 11.9 Å². The second-order valence-corrected chi connectivity index (χ2v) is 14.8. The number of benzene rings is 2. The molecule has 5 N–H and O–H groups in total. The first kappa shape index (κ1) is 35.8. The Morgan fingerprint density at radius 2 is 1.87 bits per heavy atom. The van der Waals surface area contributed by atoms with E-state index in [-0.39, 0.29) is 35.8 Å². The molecular weight excluding hydrogens is 658 g/mol. The van der Waals surface area contributed by atoms with E-state index < -0.39 is 11.5 Å². The number of anilines is 1. The molecule has 4 aliphatic rings. The van der Waals surface area contributed by atoms with Crippen LogP contribution in [0.15, 0.2) is 71.7 Å². The summed E-state index contributed by atoms with van der Waals surface area (Å²) in [5.41, 5.74) is 3.50. The number of rotatable bonds is 13. The van der Waals surface area contributed by atoms with Gasteiger partial charge in [-0.15, -0.1) is 0 Å². The Morgan fingerprint density at radius 3 is 2.62 bits per heavy atom. The predicted octanol–water partition coefficient (Wildman–Crippen LogP) is 5.25. The lowest BCUT2D eigenvalue weighted by Gasteiger charge is -2.45. The van der Waals surface area contributed by atoms with Gasteiger partial charge in [0, 0.05) is 37.5 Å². The van der Waals surface area contributed by atoms with E-state index in [1.807, 2.05) is 18.2 Å². The molecule has 2 atom stereocenters. The molecular formula is C41H49N5O6. The summed E-state index contributed by atoms with van der Waals surface area (Å²) in [5.74, 6) is 0.302. The molecule has 0 radical (unpaired) electrons. The van der Waals surface area contributed by atoms with E-state index in [0.717, 1.165) is 87.8 Å². The topological polar surface area (TPSA) is 157 Å². The number of amides is 1. The van der Waals surface area contributed by atoms with E-state index in [1.54, 1.807) is 18.3 Å². The Labute approximate surface area is 303 Å². The summed E-state index contributed by atoms with van der Waals surface area (Å²) in [6.45, 7) is 3.73. The monoisotopic (exact) mass is 707 g/mol. The van der Waals surface area contributed by atoms with Gasteiger partial charge in [0.05, 0.1) is 34.6 Å². The van der Waals surface area contributed by atoms with Crippen molar-refractivity contribution < 1.29 is 24.5 Å². The van der Waals surface area contributed by atoms with Crippen molar-refractivity contribution in [1.82, 2.24) is 20.2 Å². The van der Waals surface area contributed by atoms with Crippen LogP contribution in [0.1, 0.15) is 86.3 Å². The van der Waals surface area contributed by atoms with Crippen LogP contribution < -0.4 is 16.2 Å². The molecule has 1 saturated carbocycles. The van der Waals surface area contributed by atoms with Crippen LogP contribution in [0, 0.1) is 5.92 Å². The van der Waals surface area contributed by atoms with Crippen LogP contribution in [0.2, 0.25) is 0 Å². The Hall–Kier alpha value is -4.58. The molecule has 3 saturated heterocycles. The van der Waals surface area contributed by atoms with E-state index >= 15 is 0 Å². The van der Waals surface area contributed by atoms with Crippen LogP contribution in [-0.2, 0) is 32.7 Å². The minimum atomic E-state index is -0.875. The zero-order valence-corrected chi connectivity index (χ0v) is 29.6. The second-order valence-electron chi connectivity index (χ2n) is 14.8. The third kappa shape index (κ3) is 8.06. The number of esters is 1. The minimum Gasteiger partial charge on any atom is -0.506 e. The van der Waals surface area contributed by atoms with Crippen molar-refractivity contribution in [3.63, 3.8) is 0 Å². The third-order valence-corrected chi connectivity index (χ3v) is 11.3. The van der Waals surface area contributed by atoms with Crippen LogP contribution in [0.5, 0.6) is 5.75 Å². The zero-order chi connectivity index (χ0) is 36.1. The molecule has 52 heavy (non-hydrogen) atoms. The summed E-state index contributed by atoms with van der Waals surface area (Å²) in [7, 11) is 0. The van der Waals surface area contributed by atoms with E-state index in [1.165, 1.54) is 12.1 Å². The quantitative estimate of drug-likeness (QED) is 0.117. The number of aromatic amines is 1. The van der Waals surface area contributed by atoms with Gasteiger partial charge in [-0.25, -0.2) is 0 Å². The Bertz CT molecular complexity index is 1930. The first-order valence-corrected chi connectivity index (χ1v) is 18.8. The van der Waals surface area contributed by atoms with Gasteiger partial charge < -0.3 is 30.6 Å². The number of aromatic hydroxyl groups is 1. The Morgan fingerprint density at radius 1 is 1.04 bits per heavy atom. The fourth-order valence-electron chi connectivity index (χ4n) is 8.36. The fourth-order valence-corrected chi connectivity index (χ4v) is 8.36. The lowest BCUT2D eigenvalue weighted by molar-refractivity contribution is -0.167. The van der Waals surface area contributed by atoms with Gasteiger partial charge in [0.15, 0.2) is 0 Å².